The third kappa shape index (κ3) is 6.16. The van der Waals surface area contributed by atoms with E-state index in [1.165, 1.54) is 29.6 Å². The van der Waals surface area contributed by atoms with Crippen molar-refractivity contribution < 1.29 is 19.1 Å². The molecule has 4 aliphatic rings. The van der Waals surface area contributed by atoms with Gasteiger partial charge in [-0.1, -0.05) is 68.0 Å². The van der Waals surface area contributed by atoms with Gasteiger partial charge in [0.15, 0.2) is 0 Å². The largest absolute Gasteiger partial charge is 0.461 e. The summed E-state index contributed by atoms with van der Waals surface area (Å²) in [7, 11) is 0. The van der Waals surface area contributed by atoms with Crippen molar-refractivity contribution in [2.45, 2.75) is 90.3 Å². The molecule has 2 fully saturated rings. The molecular weight excluding hydrogens is 576 g/mol. The molecule has 0 aliphatic heterocycles. The summed E-state index contributed by atoms with van der Waals surface area (Å²) in [5.41, 5.74) is 10.9. The van der Waals surface area contributed by atoms with E-state index in [0.29, 0.717) is 24.2 Å². The lowest BCUT2D eigenvalue weighted by atomic mass is 9.47. The minimum Gasteiger partial charge on any atom is -0.461 e. The van der Waals surface area contributed by atoms with Gasteiger partial charge in [0.25, 0.3) is 0 Å². The van der Waals surface area contributed by atoms with E-state index in [0.717, 1.165) is 37.7 Å². The number of aromatic nitrogens is 1. The van der Waals surface area contributed by atoms with Crippen molar-refractivity contribution in [1.29, 1.82) is 0 Å². The Morgan fingerprint density at radius 1 is 0.978 bits per heavy atom. The molecule has 8 heteroatoms. The maximum absolute atomic E-state index is 13.2. The van der Waals surface area contributed by atoms with Crippen LogP contribution >= 0.6 is 0 Å². The van der Waals surface area contributed by atoms with Crippen LogP contribution in [0.4, 0.5) is 0 Å². The van der Waals surface area contributed by atoms with Crippen molar-refractivity contribution >= 4 is 23.4 Å². The van der Waals surface area contributed by atoms with Gasteiger partial charge in [-0.05, 0) is 96.8 Å². The molecule has 1 aromatic carbocycles. The number of benzene rings is 1. The summed E-state index contributed by atoms with van der Waals surface area (Å²) >= 11 is 0. The minimum absolute atomic E-state index is 0.121. The Morgan fingerprint density at radius 2 is 1.76 bits per heavy atom. The first kappa shape index (κ1) is 32.2. The molecule has 0 saturated heterocycles. The van der Waals surface area contributed by atoms with Crippen LogP contribution in [-0.4, -0.2) is 47.5 Å². The van der Waals surface area contributed by atoms with Crippen LogP contribution in [0, 0.1) is 28.6 Å². The van der Waals surface area contributed by atoms with Gasteiger partial charge in [-0.15, -0.1) is 0 Å². The van der Waals surface area contributed by atoms with E-state index >= 15 is 0 Å². The number of carbonyl (C=O) groups excluding carboxylic acids is 3. The molecule has 8 nitrogen and oxygen atoms in total. The van der Waals surface area contributed by atoms with Crippen molar-refractivity contribution in [3.63, 3.8) is 0 Å². The molecule has 0 unspecified atom stereocenters. The Morgan fingerprint density at radius 3 is 2.50 bits per heavy atom. The maximum Gasteiger partial charge on any atom is 0.328 e. The minimum atomic E-state index is -0.850. The Labute approximate surface area is 272 Å². The highest BCUT2D eigenvalue weighted by atomic mass is 16.5. The van der Waals surface area contributed by atoms with Gasteiger partial charge < -0.3 is 21.1 Å². The molecule has 1 aromatic heterocycles. The lowest BCUT2D eigenvalue weighted by Crippen LogP contribution is -2.53. The van der Waals surface area contributed by atoms with Crippen molar-refractivity contribution in [2.24, 2.45) is 34.3 Å². The first-order valence-electron chi connectivity index (χ1n) is 17.0. The Bertz CT molecular complexity index is 1510. The predicted molar refractivity (Wildman–Crippen MR) is 178 cm³/mol. The number of pyridine rings is 1. The van der Waals surface area contributed by atoms with E-state index in [9.17, 15) is 14.4 Å². The number of ether oxygens (including phenoxy) is 1. The average molecular weight is 625 g/mol. The van der Waals surface area contributed by atoms with Crippen molar-refractivity contribution in [2.75, 3.05) is 6.54 Å². The summed E-state index contributed by atoms with van der Waals surface area (Å²) < 4.78 is 6.02. The number of fused-ring (bicyclic) bond motifs is 5. The van der Waals surface area contributed by atoms with E-state index in [2.05, 4.69) is 47.7 Å². The molecule has 4 aliphatic carbocycles. The van der Waals surface area contributed by atoms with Gasteiger partial charge in [0.05, 0.1) is 6.54 Å². The van der Waals surface area contributed by atoms with Gasteiger partial charge in [0, 0.05) is 25.2 Å². The SMILES string of the molecule is C[C@H](NC(=O)[C@H](Cc1ccccc1)NC(=O)CN)C(=O)O[C@H]1CC[C@@]2(C)C(=CC[C@@H]3[C@@H]2CC[C@]2(C)C(c4cccnc4)=CC[C@@H]32)C1. The Balaban J connectivity index is 1.07. The van der Waals surface area contributed by atoms with Gasteiger partial charge in [-0.25, -0.2) is 4.79 Å². The summed E-state index contributed by atoms with van der Waals surface area (Å²) in [6, 6.07) is 12.0. The van der Waals surface area contributed by atoms with Crippen molar-refractivity contribution in [3.05, 3.63) is 83.7 Å². The standard InChI is InChI=1S/C38H48N4O4/c1-24(41-35(44)33(42-34(43)22-39)20-25-8-5-4-6-9-25)36(45)46-28-15-17-37(2)27(21-28)11-12-29-31-14-13-30(26-10-7-19-40-23-26)38(31,3)18-16-32(29)37/h4-11,13,19,23-24,28-29,31-33H,12,14-18,20-22,39H2,1-3H3,(H,41,44)(H,42,43)/t24-,28-,29-,31-,32-,33-,37-,38+/m0/s1. The van der Waals surface area contributed by atoms with Gasteiger partial charge in [-0.3, -0.25) is 14.6 Å². The summed E-state index contributed by atoms with van der Waals surface area (Å²) in [4.78, 5) is 42.9. The molecule has 244 valence electrons. The number of hydrogen-bond acceptors (Lipinski definition) is 6. The molecule has 0 radical (unpaired) electrons. The molecule has 8 atom stereocenters. The maximum atomic E-state index is 13.2. The molecule has 4 N–H and O–H groups in total. The zero-order valence-electron chi connectivity index (χ0n) is 27.3. The zero-order valence-corrected chi connectivity index (χ0v) is 27.3. The molecule has 2 aromatic rings. The molecule has 6 rings (SSSR count). The number of amides is 2. The van der Waals surface area contributed by atoms with Crippen LogP contribution in [0.1, 0.15) is 76.8 Å². The number of allylic oxidation sites excluding steroid dienone is 3. The van der Waals surface area contributed by atoms with E-state index in [-0.39, 0.29) is 23.5 Å². The van der Waals surface area contributed by atoms with Crippen molar-refractivity contribution in [1.82, 2.24) is 15.6 Å². The lowest BCUT2D eigenvalue weighted by Gasteiger charge is -2.57. The highest BCUT2D eigenvalue weighted by molar-refractivity contribution is 5.91. The number of hydrogen-bond donors (Lipinski definition) is 3. The zero-order chi connectivity index (χ0) is 32.5. The van der Waals surface area contributed by atoms with Crippen LogP contribution in [-0.2, 0) is 25.5 Å². The predicted octanol–water partition coefficient (Wildman–Crippen LogP) is 5.14. The molecule has 2 saturated carbocycles. The third-order valence-electron chi connectivity index (χ3n) is 11.7. The first-order chi connectivity index (χ1) is 22.1. The number of carbonyl (C=O) groups is 3. The summed E-state index contributed by atoms with van der Waals surface area (Å²) in [6.45, 7) is 6.34. The quantitative estimate of drug-likeness (QED) is 0.262. The third-order valence-corrected chi connectivity index (χ3v) is 11.7. The highest BCUT2D eigenvalue weighted by Crippen LogP contribution is 2.66. The average Bonchev–Trinajstić information content (AvgIpc) is 3.42. The number of nitrogens with one attached hydrogen (secondary N) is 2. The van der Waals surface area contributed by atoms with Crippen molar-refractivity contribution in [3.8, 4) is 0 Å². The number of rotatable bonds is 9. The fourth-order valence-electron chi connectivity index (χ4n) is 9.22. The van der Waals surface area contributed by atoms with E-state index in [1.807, 2.05) is 48.8 Å². The van der Waals surface area contributed by atoms with Crippen LogP contribution < -0.4 is 16.4 Å². The van der Waals surface area contributed by atoms with Crippen LogP contribution in [0.3, 0.4) is 0 Å². The van der Waals surface area contributed by atoms with Crippen LogP contribution in [0.15, 0.2) is 72.6 Å². The summed E-state index contributed by atoms with van der Waals surface area (Å²) in [6.07, 6.45) is 16.1. The van der Waals surface area contributed by atoms with Gasteiger partial charge in [0.1, 0.15) is 18.2 Å². The molecule has 2 amide bonds. The van der Waals surface area contributed by atoms with Crippen LogP contribution in [0.2, 0.25) is 0 Å². The van der Waals surface area contributed by atoms with E-state index in [1.54, 1.807) is 6.92 Å². The monoisotopic (exact) mass is 624 g/mol. The van der Waals surface area contributed by atoms with Crippen LogP contribution in [0.5, 0.6) is 0 Å². The number of nitrogens with zero attached hydrogens (tertiary/aromatic N) is 1. The second-order valence-corrected chi connectivity index (χ2v) is 14.4. The fraction of sp³-hybridized carbons (Fsp3) is 0.526. The first-order valence-corrected chi connectivity index (χ1v) is 17.0. The lowest BCUT2D eigenvalue weighted by molar-refractivity contribution is -0.154. The second kappa shape index (κ2) is 13.1. The Kier molecular flexibility index (Phi) is 9.19. The van der Waals surface area contributed by atoms with E-state index in [4.69, 9.17) is 10.5 Å². The fourth-order valence-corrected chi connectivity index (χ4v) is 9.22. The normalized spacial score (nSPS) is 31.1. The summed E-state index contributed by atoms with van der Waals surface area (Å²) in [5, 5.41) is 5.45. The highest BCUT2D eigenvalue weighted by Gasteiger charge is 2.57. The second-order valence-electron chi connectivity index (χ2n) is 14.4. The van der Waals surface area contributed by atoms with E-state index < -0.39 is 29.9 Å². The van der Waals surface area contributed by atoms with Gasteiger partial charge in [-0.2, -0.15) is 0 Å². The summed E-state index contributed by atoms with van der Waals surface area (Å²) in [5.74, 6) is 0.595. The topological polar surface area (TPSA) is 123 Å². The van der Waals surface area contributed by atoms with Gasteiger partial charge in [0.2, 0.25) is 11.8 Å². The molecule has 1 heterocycles. The molecule has 0 spiro atoms. The molecule has 0 bridgehead atoms. The van der Waals surface area contributed by atoms with Crippen LogP contribution in [0.25, 0.3) is 5.57 Å². The molecular formula is C38H48N4O4. The number of esters is 1. The van der Waals surface area contributed by atoms with Gasteiger partial charge >= 0.3 is 5.97 Å². The molecule has 46 heavy (non-hydrogen) atoms. The smallest absolute Gasteiger partial charge is 0.328 e. The Hall–Kier alpha value is -3.78. The number of nitrogens with two attached hydrogens (primary N) is 1.